The SMILES string of the molecule is CC(=O)c1cc(NC(=O)c2cc(NC(=O)c3cc(NC(=O)c4cccn4C)cn3C)cn2C)cn1C. The van der Waals surface area contributed by atoms with Gasteiger partial charge < -0.3 is 34.2 Å². The molecule has 3 amide bonds. The van der Waals surface area contributed by atoms with Crippen molar-refractivity contribution in [2.45, 2.75) is 6.92 Å². The summed E-state index contributed by atoms with van der Waals surface area (Å²) in [4.78, 5) is 49.8. The first-order chi connectivity index (χ1) is 17.0. The molecule has 3 N–H and O–H groups in total. The molecule has 11 nitrogen and oxygen atoms in total. The summed E-state index contributed by atoms with van der Waals surface area (Å²) in [5, 5.41) is 8.34. The fourth-order valence-corrected chi connectivity index (χ4v) is 3.98. The minimum Gasteiger partial charge on any atom is -0.347 e. The highest BCUT2D eigenvalue weighted by atomic mass is 16.2. The molecule has 0 aliphatic rings. The van der Waals surface area contributed by atoms with Gasteiger partial charge in [0.05, 0.1) is 22.8 Å². The number of nitrogens with one attached hydrogen (secondary N) is 3. The van der Waals surface area contributed by atoms with E-state index in [9.17, 15) is 19.2 Å². The minimum absolute atomic E-state index is 0.106. The molecule has 186 valence electrons. The normalized spacial score (nSPS) is 10.8. The summed E-state index contributed by atoms with van der Waals surface area (Å²) in [5.74, 6) is -1.18. The van der Waals surface area contributed by atoms with Gasteiger partial charge in [-0.05, 0) is 30.3 Å². The quantitative estimate of drug-likeness (QED) is 0.345. The van der Waals surface area contributed by atoms with Gasteiger partial charge in [-0.2, -0.15) is 0 Å². The summed E-state index contributed by atoms with van der Waals surface area (Å²) in [6.07, 6.45) is 6.70. The summed E-state index contributed by atoms with van der Waals surface area (Å²) >= 11 is 0. The first-order valence-corrected chi connectivity index (χ1v) is 11.1. The van der Waals surface area contributed by atoms with Crippen LogP contribution in [-0.2, 0) is 28.2 Å². The number of ketones is 1. The second-order valence-electron chi connectivity index (χ2n) is 8.60. The van der Waals surface area contributed by atoms with Crippen LogP contribution in [0.3, 0.4) is 0 Å². The Bertz CT molecular complexity index is 1500. The third kappa shape index (κ3) is 4.85. The highest BCUT2D eigenvalue weighted by molar-refractivity contribution is 6.08. The smallest absolute Gasteiger partial charge is 0.272 e. The maximum Gasteiger partial charge on any atom is 0.272 e. The summed E-state index contributed by atoms with van der Waals surface area (Å²) in [7, 11) is 6.89. The molecule has 0 aliphatic carbocycles. The van der Waals surface area contributed by atoms with Gasteiger partial charge in [0.15, 0.2) is 5.78 Å². The van der Waals surface area contributed by atoms with E-state index in [2.05, 4.69) is 16.0 Å². The number of Topliss-reactive ketones (excluding diaryl/α,β-unsaturated/α-hetero) is 1. The van der Waals surface area contributed by atoms with E-state index in [-0.39, 0.29) is 17.6 Å². The second-order valence-corrected chi connectivity index (χ2v) is 8.60. The molecule has 0 saturated heterocycles. The van der Waals surface area contributed by atoms with E-state index in [1.165, 1.54) is 6.92 Å². The number of aromatic nitrogens is 4. The van der Waals surface area contributed by atoms with E-state index in [1.807, 2.05) is 0 Å². The number of carbonyl (C=O) groups excluding carboxylic acids is 4. The van der Waals surface area contributed by atoms with E-state index in [4.69, 9.17) is 0 Å². The number of nitrogens with zero attached hydrogens (tertiary/aromatic N) is 4. The maximum atomic E-state index is 12.9. The molecule has 11 heteroatoms. The van der Waals surface area contributed by atoms with Crippen LogP contribution in [0.4, 0.5) is 17.1 Å². The Morgan fingerprint density at radius 1 is 0.583 bits per heavy atom. The number of amides is 3. The van der Waals surface area contributed by atoms with Crippen molar-refractivity contribution in [1.29, 1.82) is 0 Å². The number of anilines is 3. The molecule has 0 aromatic carbocycles. The van der Waals surface area contributed by atoms with Gasteiger partial charge in [-0.1, -0.05) is 0 Å². The average Bonchev–Trinajstić information content (AvgIpc) is 3.55. The standard InChI is InChI=1S/C25H27N7O4/c1-15(33)20-9-16(12-30(20)3)27-24(35)22-11-18(14-32(22)5)28-25(36)21-10-17(13-31(21)4)26-23(34)19-7-6-8-29(19)2/h6-14H,1-5H3,(H,26,34)(H,27,35)(H,28,36). The highest BCUT2D eigenvalue weighted by Gasteiger charge is 2.18. The molecule has 0 fully saturated rings. The van der Waals surface area contributed by atoms with Crippen molar-refractivity contribution in [2.24, 2.45) is 28.2 Å². The average molecular weight is 490 g/mol. The summed E-state index contributed by atoms with van der Waals surface area (Å²) in [6.45, 7) is 1.46. The minimum atomic E-state index is -0.399. The van der Waals surface area contributed by atoms with Crippen LogP contribution in [0.2, 0.25) is 0 Å². The Kier molecular flexibility index (Phi) is 6.39. The lowest BCUT2D eigenvalue weighted by Gasteiger charge is -2.03. The molecule has 36 heavy (non-hydrogen) atoms. The first kappa shape index (κ1) is 24.3. The third-order valence-electron chi connectivity index (χ3n) is 5.79. The van der Waals surface area contributed by atoms with Crippen LogP contribution in [0.15, 0.2) is 55.1 Å². The third-order valence-corrected chi connectivity index (χ3v) is 5.79. The monoisotopic (exact) mass is 489 g/mol. The molecule has 4 aromatic heterocycles. The van der Waals surface area contributed by atoms with Gasteiger partial charge in [-0.15, -0.1) is 0 Å². The molecular weight excluding hydrogens is 462 g/mol. The van der Waals surface area contributed by atoms with Crippen LogP contribution in [0, 0.1) is 0 Å². The van der Waals surface area contributed by atoms with Crippen molar-refractivity contribution in [2.75, 3.05) is 16.0 Å². The molecule has 0 spiro atoms. The number of hydrogen-bond donors (Lipinski definition) is 3. The van der Waals surface area contributed by atoms with Crippen molar-refractivity contribution < 1.29 is 19.2 Å². The molecule has 4 rings (SSSR count). The van der Waals surface area contributed by atoms with Crippen molar-refractivity contribution in [3.63, 3.8) is 0 Å². The molecule has 0 aliphatic heterocycles. The van der Waals surface area contributed by atoms with E-state index in [0.29, 0.717) is 39.8 Å². The lowest BCUT2D eigenvalue weighted by atomic mass is 10.3. The van der Waals surface area contributed by atoms with Gasteiger partial charge in [0, 0.05) is 59.9 Å². The summed E-state index contributed by atoms with van der Waals surface area (Å²) in [6, 6.07) is 8.22. The van der Waals surface area contributed by atoms with Crippen molar-refractivity contribution in [1.82, 2.24) is 18.3 Å². The fourth-order valence-electron chi connectivity index (χ4n) is 3.98. The van der Waals surface area contributed by atoms with Crippen molar-refractivity contribution in [3.05, 3.63) is 77.9 Å². The predicted molar refractivity (Wildman–Crippen MR) is 136 cm³/mol. The van der Waals surface area contributed by atoms with E-state index >= 15 is 0 Å². The van der Waals surface area contributed by atoms with Crippen molar-refractivity contribution in [3.8, 4) is 0 Å². The zero-order chi connectivity index (χ0) is 26.1. The van der Waals surface area contributed by atoms with Crippen LogP contribution < -0.4 is 16.0 Å². The Morgan fingerprint density at radius 2 is 0.972 bits per heavy atom. The lowest BCUT2D eigenvalue weighted by molar-refractivity contribution is 0.0999. The largest absolute Gasteiger partial charge is 0.347 e. The van der Waals surface area contributed by atoms with Crippen LogP contribution in [-0.4, -0.2) is 41.8 Å². The Balaban J connectivity index is 1.44. The maximum absolute atomic E-state index is 12.9. The van der Waals surface area contributed by atoms with Gasteiger partial charge in [0.2, 0.25) is 0 Å². The second kappa shape index (κ2) is 9.45. The molecule has 4 aromatic rings. The molecular formula is C25H27N7O4. The van der Waals surface area contributed by atoms with Crippen LogP contribution in [0.25, 0.3) is 0 Å². The number of carbonyl (C=O) groups is 4. The van der Waals surface area contributed by atoms with Gasteiger partial charge >= 0.3 is 0 Å². The summed E-state index contributed by atoms with van der Waals surface area (Å²) < 4.78 is 6.55. The first-order valence-electron chi connectivity index (χ1n) is 11.1. The summed E-state index contributed by atoms with van der Waals surface area (Å²) in [5.41, 5.74) is 3.03. The fraction of sp³-hybridized carbons (Fsp3) is 0.200. The predicted octanol–water partition coefficient (Wildman–Crippen LogP) is 3.00. The Labute approximate surface area is 207 Å². The zero-order valence-corrected chi connectivity index (χ0v) is 20.6. The van der Waals surface area contributed by atoms with Gasteiger partial charge in [0.1, 0.15) is 17.1 Å². The number of rotatable bonds is 7. The number of hydrogen-bond acceptors (Lipinski definition) is 4. The number of aryl methyl sites for hydroxylation is 4. The van der Waals surface area contributed by atoms with Gasteiger partial charge in [0.25, 0.3) is 17.7 Å². The zero-order valence-electron chi connectivity index (χ0n) is 20.6. The van der Waals surface area contributed by atoms with Crippen LogP contribution in [0.1, 0.15) is 48.9 Å². The molecule has 0 bridgehead atoms. The molecule has 0 atom stereocenters. The van der Waals surface area contributed by atoms with Gasteiger partial charge in [-0.25, -0.2) is 0 Å². The van der Waals surface area contributed by atoms with Gasteiger partial charge in [-0.3, -0.25) is 19.2 Å². The molecule has 4 heterocycles. The lowest BCUT2D eigenvalue weighted by Crippen LogP contribution is -2.15. The van der Waals surface area contributed by atoms with Crippen molar-refractivity contribution >= 4 is 40.6 Å². The van der Waals surface area contributed by atoms with E-state index in [1.54, 1.807) is 102 Å². The van der Waals surface area contributed by atoms with E-state index < -0.39 is 5.91 Å². The highest BCUT2D eigenvalue weighted by Crippen LogP contribution is 2.20. The topological polar surface area (TPSA) is 124 Å². The van der Waals surface area contributed by atoms with E-state index in [0.717, 1.165) is 0 Å². The molecule has 0 saturated carbocycles. The van der Waals surface area contributed by atoms with Crippen LogP contribution in [0.5, 0.6) is 0 Å². The Morgan fingerprint density at radius 3 is 1.33 bits per heavy atom. The van der Waals surface area contributed by atoms with Crippen LogP contribution >= 0.6 is 0 Å². The Hall–Kier alpha value is -4.80. The molecule has 0 radical (unpaired) electrons. The molecule has 0 unspecified atom stereocenters.